The van der Waals surface area contributed by atoms with Crippen LogP contribution in [-0.2, 0) is 0 Å². The molecule has 8 aromatic carbocycles. The van der Waals surface area contributed by atoms with Crippen LogP contribution < -0.4 is 0 Å². The molecule has 266 valence electrons. The number of benzene rings is 8. The number of para-hydroxylation sites is 1. The molecule has 0 bridgehead atoms. The number of nitrogens with zero attached hydrogens (tertiary/aromatic N) is 4. The van der Waals surface area contributed by atoms with E-state index in [4.69, 9.17) is 19.9 Å². The van der Waals surface area contributed by atoms with Crippen molar-refractivity contribution >= 4 is 53.2 Å². The van der Waals surface area contributed by atoms with Gasteiger partial charge in [0.2, 0.25) is 0 Å². The second kappa shape index (κ2) is 13.7. The molecule has 57 heavy (non-hydrogen) atoms. The van der Waals surface area contributed by atoms with E-state index in [0.29, 0.717) is 17.5 Å². The summed E-state index contributed by atoms with van der Waals surface area (Å²) in [6.45, 7) is 0. The largest absolute Gasteiger partial charge is 0.247 e. The fourth-order valence-corrected chi connectivity index (χ4v) is 9.03. The Morgan fingerprint density at radius 1 is 0.281 bits per heavy atom. The van der Waals surface area contributed by atoms with Gasteiger partial charge in [-0.2, -0.15) is 0 Å². The van der Waals surface area contributed by atoms with Crippen LogP contribution in [0.1, 0.15) is 0 Å². The van der Waals surface area contributed by atoms with Gasteiger partial charge in [-0.05, 0) is 52.6 Å². The van der Waals surface area contributed by atoms with E-state index in [1.54, 1.807) is 0 Å². The molecule has 0 saturated heterocycles. The molecule has 5 heteroatoms. The Bertz CT molecular complexity index is 3270. The third kappa shape index (κ3) is 5.93. The minimum absolute atomic E-state index is 0.635. The molecule has 0 aliphatic rings. The van der Waals surface area contributed by atoms with Gasteiger partial charge in [-0.25, -0.2) is 19.9 Å². The minimum Gasteiger partial charge on any atom is -0.247 e. The zero-order valence-electron chi connectivity index (χ0n) is 30.7. The Kier molecular flexibility index (Phi) is 7.97. The predicted octanol–water partition coefficient (Wildman–Crippen LogP) is 13.9. The van der Waals surface area contributed by atoms with E-state index in [-0.39, 0.29) is 0 Å². The van der Waals surface area contributed by atoms with Crippen molar-refractivity contribution in [1.82, 2.24) is 19.9 Å². The number of thiophene rings is 1. The maximum atomic E-state index is 5.19. The number of rotatable bonds is 6. The Morgan fingerprint density at radius 2 is 0.789 bits per heavy atom. The third-order valence-electron chi connectivity index (χ3n) is 10.7. The topological polar surface area (TPSA) is 51.6 Å². The van der Waals surface area contributed by atoms with Gasteiger partial charge in [0.1, 0.15) is 0 Å². The molecule has 0 spiro atoms. The SMILES string of the molecule is c1ccc(-c2cccc(-c3nc(-c4ccccc4)nc(-c4ccc(-c5ccc6sc7ccc8c(-c9ccccc9)nc9ccccc9c8c7c6c5)cc4)n3)c2)cc1. The van der Waals surface area contributed by atoms with Crippen molar-refractivity contribution in [2.75, 3.05) is 0 Å². The molecule has 3 aromatic heterocycles. The highest BCUT2D eigenvalue weighted by Gasteiger charge is 2.18. The molecule has 0 aliphatic heterocycles. The van der Waals surface area contributed by atoms with Crippen LogP contribution in [0.2, 0.25) is 0 Å². The number of aromatic nitrogens is 4. The molecule has 0 fully saturated rings. The number of hydrogen-bond acceptors (Lipinski definition) is 5. The summed E-state index contributed by atoms with van der Waals surface area (Å²) >= 11 is 1.85. The van der Waals surface area contributed by atoms with Gasteiger partial charge in [0, 0.05) is 58.6 Å². The quantitative estimate of drug-likeness (QED) is 0.159. The molecule has 0 saturated carbocycles. The van der Waals surface area contributed by atoms with E-state index in [1.807, 2.05) is 47.7 Å². The molecule has 0 aliphatic carbocycles. The van der Waals surface area contributed by atoms with Crippen molar-refractivity contribution < 1.29 is 0 Å². The second-order valence-electron chi connectivity index (χ2n) is 14.2. The van der Waals surface area contributed by atoms with Gasteiger partial charge in [-0.1, -0.05) is 164 Å². The molecule has 0 unspecified atom stereocenters. The highest BCUT2D eigenvalue weighted by atomic mass is 32.1. The van der Waals surface area contributed by atoms with Gasteiger partial charge in [-0.3, -0.25) is 0 Å². The fourth-order valence-electron chi connectivity index (χ4n) is 7.94. The van der Waals surface area contributed by atoms with Crippen LogP contribution in [0, 0.1) is 0 Å². The zero-order chi connectivity index (χ0) is 37.7. The maximum Gasteiger partial charge on any atom is 0.164 e. The van der Waals surface area contributed by atoms with Gasteiger partial charge in [0.15, 0.2) is 17.5 Å². The second-order valence-corrected chi connectivity index (χ2v) is 15.3. The van der Waals surface area contributed by atoms with E-state index in [0.717, 1.165) is 55.7 Å². The molecule has 0 N–H and O–H groups in total. The zero-order valence-corrected chi connectivity index (χ0v) is 31.5. The van der Waals surface area contributed by atoms with Gasteiger partial charge < -0.3 is 0 Å². The highest BCUT2D eigenvalue weighted by molar-refractivity contribution is 7.26. The summed E-state index contributed by atoms with van der Waals surface area (Å²) in [5, 5.41) is 6.13. The average Bonchev–Trinajstić information content (AvgIpc) is 3.68. The monoisotopic (exact) mass is 744 g/mol. The van der Waals surface area contributed by atoms with Crippen molar-refractivity contribution in [3.63, 3.8) is 0 Å². The van der Waals surface area contributed by atoms with E-state index < -0.39 is 0 Å². The Hall–Kier alpha value is -7.34. The van der Waals surface area contributed by atoms with Crippen LogP contribution in [0.15, 0.2) is 194 Å². The third-order valence-corrected chi connectivity index (χ3v) is 11.9. The maximum absolute atomic E-state index is 5.19. The first kappa shape index (κ1) is 33.0. The van der Waals surface area contributed by atoms with Crippen molar-refractivity contribution in [2.24, 2.45) is 0 Å². The lowest BCUT2D eigenvalue weighted by molar-refractivity contribution is 1.07. The van der Waals surface area contributed by atoms with Gasteiger partial charge in [-0.15, -0.1) is 11.3 Å². The summed E-state index contributed by atoms with van der Waals surface area (Å²) in [6.07, 6.45) is 0. The van der Waals surface area contributed by atoms with Gasteiger partial charge in [0.05, 0.1) is 11.2 Å². The molecular formula is C52H32N4S. The van der Waals surface area contributed by atoms with Crippen LogP contribution >= 0.6 is 11.3 Å². The van der Waals surface area contributed by atoms with E-state index in [1.165, 1.54) is 36.3 Å². The summed E-state index contributed by atoms with van der Waals surface area (Å²) in [7, 11) is 0. The fraction of sp³-hybridized carbons (Fsp3) is 0. The van der Waals surface area contributed by atoms with Crippen molar-refractivity contribution in [3.05, 3.63) is 194 Å². The van der Waals surface area contributed by atoms with Crippen molar-refractivity contribution in [1.29, 1.82) is 0 Å². The van der Waals surface area contributed by atoms with Crippen LogP contribution in [-0.4, -0.2) is 19.9 Å². The number of pyridine rings is 1. The average molecular weight is 745 g/mol. The summed E-state index contributed by atoms with van der Waals surface area (Å²) < 4.78 is 2.54. The van der Waals surface area contributed by atoms with Crippen LogP contribution in [0.25, 0.3) is 110 Å². The summed E-state index contributed by atoms with van der Waals surface area (Å²) in [4.78, 5) is 20.2. The lowest BCUT2D eigenvalue weighted by Gasteiger charge is -2.12. The van der Waals surface area contributed by atoms with E-state index in [2.05, 4.69) is 158 Å². The molecule has 11 rings (SSSR count). The predicted molar refractivity (Wildman–Crippen MR) is 238 cm³/mol. The Labute approximate surface area is 333 Å². The smallest absolute Gasteiger partial charge is 0.164 e. The highest BCUT2D eigenvalue weighted by Crippen LogP contribution is 2.44. The van der Waals surface area contributed by atoms with Crippen LogP contribution in [0.5, 0.6) is 0 Å². The van der Waals surface area contributed by atoms with Crippen LogP contribution in [0.4, 0.5) is 0 Å². The Morgan fingerprint density at radius 3 is 1.53 bits per heavy atom. The first-order valence-electron chi connectivity index (χ1n) is 19.0. The molecular weight excluding hydrogens is 713 g/mol. The molecule has 0 atom stereocenters. The van der Waals surface area contributed by atoms with E-state index >= 15 is 0 Å². The standard InChI is InChI=1S/C52H32N4S/c1-4-13-33(14-5-1)38-19-12-20-40(31-38)52-55-50(36-17-8-3-9-18-36)54-51(56-52)37-25-23-34(24-26-37)39-27-29-45-43(32-39)48-46(57-45)30-28-42-47(48)41-21-10-11-22-44(41)53-49(42)35-15-6-2-7-16-35/h1-32H. The first-order chi connectivity index (χ1) is 28.2. The first-order valence-corrected chi connectivity index (χ1v) is 19.9. The summed E-state index contributed by atoms with van der Waals surface area (Å²) in [5.41, 5.74) is 10.5. The van der Waals surface area contributed by atoms with Gasteiger partial charge >= 0.3 is 0 Å². The lowest BCUT2D eigenvalue weighted by atomic mass is 9.95. The lowest BCUT2D eigenvalue weighted by Crippen LogP contribution is -2.00. The molecule has 0 amide bonds. The minimum atomic E-state index is 0.635. The van der Waals surface area contributed by atoms with Crippen molar-refractivity contribution in [2.45, 2.75) is 0 Å². The molecule has 0 radical (unpaired) electrons. The molecule has 11 aromatic rings. The molecule has 3 heterocycles. The molecule has 4 nitrogen and oxygen atoms in total. The van der Waals surface area contributed by atoms with Crippen molar-refractivity contribution in [3.8, 4) is 67.7 Å². The number of hydrogen-bond donors (Lipinski definition) is 0. The van der Waals surface area contributed by atoms with Crippen LogP contribution in [0.3, 0.4) is 0 Å². The van der Waals surface area contributed by atoms with E-state index in [9.17, 15) is 0 Å². The normalized spacial score (nSPS) is 11.5. The summed E-state index contributed by atoms with van der Waals surface area (Å²) in [6, 6.07) is 68.0. The summed E-state index contributed by atoms with van der Waals surface area (Å²) in [5.74, 6) is 1.92. The van der Waals surface area contributed by atoms with Gasteiger partial charge in [0.25, 0.3) is 0 Å². The Balaban J connectivity index is 1.02. The number of fused-ring (bicyclic) bond motifs is 7.